The van der Waals surface area contributed by atoms with Crippen molar-refractivity contribution in [3.8, 4) is 0 Å². The van der Waals surface area contributed by atoms with E-state index in [-0.39, 0.29) is 17.9 Å². The molecule has 3 fully saturated rings. The summed E-state index contributed by atoms with van der Waals surface area (Å²) in [6, 6.07) is 0. The molecule has 0 aromatic carbocycles. The summed E-state index contributed by atoms with van der Waals surface area (Å²) in [7, 11) is 0. The molecule has 0 aromatic rings. The molecule has 0 radical (unpaired) electrons. The molecule has 0 N–H and O–H groups in total. The summed E-state index contributed by atoms with van der Waals surface area (Å²) in [5.41, 5.74) is 0.640. The monoisotopic (exact) mass is 178 g/mol. The normalized spacial score (nSPS) is 46.9. The van der Waals surface area contributed by atoms with Crippen molar-refractivity contribution in [2.45, 2.75) is 19.3 Å². The molecule has 3 rings (SSSR count). The Morgan fingerprint density at radius 2 is 2.23 bits per heavy atom. The van der Waals surface area contributed by atoms with Crippen LogP contribution in [0.3, 0.4) is 0 Å². The number of hydrogen-bond donors (Lipinski definition) is 0. The second kappa shape index (κ2) is 1.86. The number of carbonyl (C=O) groups is 2. The Morgan fingerprint density at radius 3 is 2.92 bits per heavy atom. The van der Waals surface area contributed by atoms with Crippen molar-refractivity contribution in [2.24, 2.45) is 17.3 Å². The van der Waals surface area contributed by atoms with Gasteiger partial charge in [-0.25, -0.2) is 0 Å². The van der Waals surface area contributed by atoms with Crippen LogP contribution in [0.5, 0.6) is 0 Å². The molecular weight excluding hydrogens is 168 g/mol. The van der Waals surface area contributed by atoms with Crippen LogP contribution in [0.4, 0.5) is 0 Å². The molecule has 13 heavy (non-hydrogen) atoms. The molecular formula is C10H10O3. The number of rotatable bonds is 0. The predicted molar refractivity (Wildman–Crippen MR) is 43.5 cm³/mol. The van der Waals surface area contributed by atoms with Crippen LogP contribution in [0.1, 0.15) is 19.3 Å². The van der Waals surface area contributed by atoms with E-state index >= 15 is 0 Å². The quantitative estimate of drug-likeness (QED) is 0.316. The maximum Gasteiger partial charge on any atom is 0.320 e. The van der Waals surface area contributed by atoms with Gasteiger partial charge < -0.3 is 4.74 Å². The lowest BCUT2D eigenvalue weighted by atomic mass is 9.76. The van der Waals surface area contributed by atoms with Gasteiger partial charge in [0, 0.05) is 0 Å². The summed E-state index contributed by atoms with van der Waals surface area (Å²) < 4.78 is 4.68. The lowest BCUT2D eigenvalue weighted by Gasteiger charge is -2.21. The molecule has 0 amide bonds. The molecule has 2 aliphatic carbocycles. The summed E-state index contributed by atoms with van der Waals surface area (Å²) in [6.07, 6.45) is 2.25. The summed E-state index contributed by atoms with van der Waals surface area (Å²) >= 11 is 0. The number of fused-ring (bicyclic) bond motifs is 1. The zero-order valence-corrected chi connectivity index (χ0v) is 7.21. The average Bonchev–Trinajstić information content (AvgIpc) is 2.63. The highest BCUT2D eigenvalue weighted by molar-refractivity contribution is 6.00. The molecule has 3 aliphatic rings. The topological polar surface area (TPSA) is 43.4 Å². The highest BCUT2D eigenvalue weighted by Gasteiger charge is 2.66. The maximum atomic E-state index is 11.5. The fourth-order valence-electron chi connectivity index (χ4n) is 3.11. The molecule has 1 spiro atoms. The Morgan fingerprint density at radius 1 is 1.46 bits per heavy atom. The fourth-order valence-corrected chi connectivity index (χ4v) is 3.11. The van der Waals surface area contributed by atoms with E-state index in [1.54, 1.807) is 0 Å². The van der Waals surface area contributed by atoms with Crippen molar-refractivity contribution in [3.05, 3.63) is 12.2 Å². The minimum atomic E-state index is -0.487. The van der Waals surface area contributed by atoms with Crippen molar-refractivity contribution in [1.29, 1.82) is 0 Å². The van der Waals surface area contributed by atoms with Gasteiger partial charge in [-0.05, 0) is 25.2 Å². The average molecular weight is 178 g/mol. The van der Waals surface area contributed by atoms with Crippen LogP contribution in [0.2, 0.25) is 0 Å². The molecule has 1 saturated heterocycles. The number of esters is 2. The third kappa shape index (κ3) is 0.631. The van der Waals surface area contributed by atoms with Crippen LogP contribution < -0.4 is 0 Å². The number of ether oxygens (including phenoxy) is 1. The number of hydrogen-bond acceptors (Lipinski definition) is 3. The SMILES string of the molecule is C=C1CC23CC1CC2C(=O)OC3=O. The van der Waals surface area contributed by atoms with Crippen LogP contribution in [0.25, 0.3) is 0 Å². The van der Waals surface area contributed by atoms with Gasteiger partial charge in [0.25, 0.3) is 0 Å². The zero-order valence-electron chi connectivity index (χ0n) is 7.21. The first-order valence-corrected chi connectivity index (χ1v) is 4.57. The highest BCUT2D eigenvalue weighted by Crippen LogP contribution is 2.62. The molecule has 3 heteroatoms. The number of carbonyl (C=O) groups excluding carboxylic acids is 2. The van der Waals surface area contributed by atoms with Crippen molar-refractivity contribution < 1.29 is 14.3 Å². The molecule has 3 unspecified atom stereocenters. The third-order valence-electron chi connectivity index (χ3n) is 3.80. The summed E-state index contributed by atoms with van der Waals surface area (Å²) in [5.74, 6) is -0.374. The van der Waals surface area contributed by atoms with E-state index in [0.29, 0.717) is 12.3 Å². The van der Waals surface area contributed by atoms with Crippen molar-refractivity contribution >= 4 is 11.9 Å². The van der Waals surface area contributed by atoms with E-state index in [9.17, 15) is 9.59 Å². The minimum Gasteiger partial charge on any atom is -0.392 e. The van der Waals surface area contributed by atoms with E-state index in [2.05, 4.69) is 11.3 Å². The van der Waals surface area contributed by atoms with Gasteiger partial charge in [0.15, 0.2) is 0 Å². The Bertz CT molecular complexity index is 344. The minimum absolute atomic E-state index is 0.157. The molecule has 3 nitrogen and oxygen atoms in total. The number of allylic oxidation sites excluding steroid dienone is 1. The van der Waals surface area contributed by atoms with E-state index in [4.69, 9.17) is 0 Å². The first-order chi connectivity index (χ1) is 6.13. The van der Waals surface area contributed by atoms with Gasteiger partial charge in [0.05, 0.1) is 11.3 Å². The highest BCUT2D eigenvalue weighted by atomic mass is 16.6. The molecule has 2 bridgehead atoms. The Hall–Kier alpha value is -1.12. The van der Waals surface area contributed by atoms with Crippen LogP contribution in [-0.4, -0.2) is 11.9 Å². The second-order valence-corrected chi connectivity index (χ2v) is 4.39. The van der Waals surface area contributed by atoms with Crippen molar-refractivity contribution in [2.75, 3.05) is 0 Å². The van der Waals surface area contributed by atoms with Crippen molar-refractivity contribution in [3.63, 3.8) is 0 Å². The summed E-state index contributed by atoms with van der Waals surface area (Å²) in [4.78, 5) is 22.8. The first kappa shape index (κ1) is 7.30. The van der Waals surface area contributed by atoms with Gasteiger partial charge in [0.1, 0.15) is 0 Å². The maximum absolute atomic E-state index is 11.5. The van der Waals surface area contributed by atoms with Crippen LogP contribution >= 0.6 is 0 Å². The molecule has 68 valence electrons. The van der Waals surface area contributed by atoms with Crippen LogP contribution in [-0.2, 0) is 14.3 Å². The molecule has 0 aromatic heterocycles. The smallest absolute Gasteiger partial charge is 0.320 e. The Kier molecular flexibility index (Phi) is 1.05. The van der Waals surface area contributed by atoms with Gasteiger partial charge in [0.2, 0.25) is 0 Å². The van der Waals surface area contributed by atoms with Gasteiger partial charge in [-0.1, -0.05) is 12.2 Å². The molecule has 1 aliphatic heterocycles. The van der Waals surface area contributed by atoms with E-state index in [1.165, 1.54) is 0 Å². The Balaban J connectivity index is 2.11. The van der Waals surface area contributed by atoms with E-state index < -0.39 is 5.41 Å². The standard InChI is InChI=1S/C10H10O3/c1-5-3-10-4-6(5)2-7(10)8(11)13-9(10)12/h6-7H,1-4H2. The van der Waals surface area contributed by atoms with E-state index in [0.717, 1.165) is 18.4 Å². The predicted octanol–water partition coefficient (Wildman–Crippen LogP) is 1.04. The lowest BCUT2D eigenvalue weighted by Crippen LogP contribution is -2.28. The number of cyclic esters (lactones) is 2. The van der Waals surface area contributed by atoms with Gasteiger partial charge in [-0.3, -0.25) is 9.59 Å². The van der Waals surface area contributed by atoms with Gasteiger partial charge in [-0.2, -0.15) is 0 Å². The zero-order chi connectivity index (χ0) is 9.22. The lowest BCUT2D eigenvalue weighted by molar-refractivity contribution is -0.155. The van der Waals surface area contributed by atoms with Crippen molar-refractivity contribution in [1.82, 2.24) is 0 Å². The fraction of sp³-hybridized carbons (Fsp3) is 0.600. The van der Waals surface area contributed by atoms with Gasteiger partial charge >= 0.3 is 11.9 Å². The second-order valence-electron chi connectivity index (χ2n) is 4.39. The third-order valence-corrected chi connectivity index (χ3v) is 3.80. The summed E-state index contributed by atoms with van der Waals surface area (Å²) in [5, 5.41) is 0. The van der Waals surface area contributed by atoms with Gasteiger partial charge in [-0.15, -0.1) is 0 Å². The van der Waals surface area contributed by atoms with E-state index in [1.807, 2.05) is 0 Å². The summed E-state index contributed by atoms with van der Waals surface area (Å²) in [6.45, 7) is 3.93. The van der Waals surface area contributed by atoms with Crippen LogP contribution in [0, 0.1) is 17.3 Å². The van der Waals surface area contributed by atoms with Crippen LogP contribution in [0.15, 0.2) is 12.2 Å². The first-order valence-electron chi connectivity index (χ1n) is 4.57. The molecule has 2 saturated carbocycles. The molecule has 3 atom stereocenters. The largest absolute Gasteiger partial charge is 0.392 e. The molecule has 1 heterocycles. The Labute approximate surface area is 75.8 Å².